The number of ether oxygens (including phenoxy) is 2. The lowest BCUT2D eigenvalue weighted by molar-refractivity contribution is -0.144. The summed E-state index contributed by atoms with van der Waals surface area (Å²) in [6, 6.07) is 9.83. The fourth-order valence-corrected chi connectivity index (χ4v) is 2.84. The summed E-state index contributed by atoms with van der Waals surface area (Å²) in [6.07, 6.45) is 0.403. The first kappa shape index (κ1) is 15.0. The fourth-order valence-electron chi connectivity index (χ4n) is 2.84. The Morgan fingerprint density at radius 2 is 1.90 bits per heavy atom. The summed E-state index contributed by atoms with van der Waals surface area (Å²) < 4.78 is 10.7. The highest BCUT2D eigenvalue weighted by Crippen LogP contribution is 2.21. The third-order valence-electron chi connectivity index (χ3n) is 3.62. The number of benzene rings is 1. The zero-order valence-corrected chi connectivity index (χ0v) is 12.4. The number of nitrogens with zero attached hydrogens (tertiary/aromatic N) is 1. The maximum Gasteiger partial charge on any atom is 0.314 e. The summed E-state index contributed by atoms with van der Waals surface area (Å²) >= 11 is 0. The Kier molecular flexibility index (Phi) is 5.15. The van der Waals surface area contributed by atoms with Crippen LogP contribution in [0.5, 0.6) is 0 Å². The van der Waals surface area contributed by atoms with E-state index in [1.54, 1.807) is 0 Å². The highest BCUT2D eigenvalue weighted by molar-refractivity contribution is 5.78. The molecular formula is C16H23NO3. The van der Waals surface area contributed by atoms with Gasteiger partial charge < -0.3 is 9.47 Å². The maximum atomic E-state index is 12.1. The van der Waals surface area contributed by atoms with E-state index in [-0.39, 0.29) is 24.1 Å². The average Bonchev–Trinajstić information content (AvgIpc) is 2.44. The summed E-state index contributed by atoms with van der Waals surface area (Å²) in [4.78, 5) is 14.4. The number of methoxy groups -OCH3 is 1. The first-order valence-corrected chi connectivity index (χ1v) is 7.10. The van der Waals surface area contributed by atoms with E-state index >= 15 is 0 Å². The van der Waals surface area contributed by atoms with Gasteiger partial charge in [0.2, 0.25) is 0 Å². The molecule has 0 amide bonds. The van der Waals surface area contributed by atoms with Gasteiger partial charge in [0.1, 0.15) is 0 Å². The molecule has 1 heterocycles. The van der Waals surface area contributed by atoms with E-state index in [0.717, 1.165) is 18.7 Å². The standard InChI is InChI=1S/C16H23NO3/c1-12-9-17(10-13(2)20-12)11-15(16(18)19-3)14-7-5-4-6-8-14/h4-8,12-13,15H,9-11H2,1-3H3. The maximum absolute atomic E-state index is 12.1. The van der Waals surface area contributed by atoms with E-state index in [1.165, 1.54) is 7.11 Å². The first-order valence-electron chi connectivity index (χ1n) is 7.10. The van der Waals surface area contributed by atoms with Crippen molar-refractivity contribution in [3.05, 3.63) is 35.9 Å². The Hall–Kier alpha value is -1.39. The zero-order valence-electron chi connectivity index (χ0n) is 12.4. The Labute approximate surface area is 120 Å². The van der Waals surface area contributed by atoms with Gasteiger partial charge in [-0.05, 0) is 19.4 Å². The Morgan fingerprint density at radius 3 is 2.45 bits per heavy atom. The average molecular weight is 277 g/mol. The third kappa shape index (κ3) is 3.81. The number of esters is 1. The molecule has 2 rings (SSSR count). The van der Waals surface area contributed by atoms with Gasteiger partial charge in [0.05, 0.1) is 25.2 Å². The van der Waals surface area contributed by atoms with Crippen molar-refractivity contribution in [3.8, 4) is 0 Å². The van der Waals surface area contributed by atoms with Crippen LogP contribution < -0.4 is 0 Å². The molecule has 1 aliphatic rings. The summed E-state index contributed by atoms with van der Waals surface area (Å²) in [5.41, 5.74) is 1.01. The number of hydrogen-bond acceptors (Lipinski definition) is 4. The second-order valence-electron chi connectivity index (χ2n) is 5.46. The van der Waals surface area contributed by atoms with Gasteiger partial charge in [0, 0.05) is 19.6 Å². The van der Waals surface area contributed by atoms with Gasteiger partial charge in [0.25, 0.3) is 0 Å². The predicted molar refractivity (Wildman–Crippen MR) is 77.6 cm³/mol. The number of carbonyl (C=O) groups excluding carboxylic acids is 1. The smallest absolute Gasteiger partial charge is 0.314 e. The molecule has 20 heavy (non-hydrogen) atoms. The van der Waals surface area contributed by atoms with Crippen molar-refractivity contribution in [2.75, 3.05) is 26.7 Å². The SMILES string of the molecule is COC(=O)C(CN1CC(C)OC(C)C1)c1ccccc1. The second kappa shape index (κ2) is 6.86. The summed E-state index contributed by atoms with van der Waals surface area (Å²) in [5.74, 6) is -0.415. The van der Waals surface area contributed by atoms with Crippen molar-refractivity contribution in [1.82, 2.24) is 4.90 Å². The lowest BCUT2D eigenvalue weighted by atomic mass is 9.98. The minimum atomic E-state index is -0.237. The first-order chi connectivity index (χ1) is 9.60. The van der Waals surface area contributed by atoms with E-state index in [2.05, 4.69) is 18.7 Å². The largest absolute Gasteiger partial charge is 0.469 e. The van der Waals surface area contributed by atoms with Crippen LogP contribution in [0.25, 0.3) is 0 Å². The summed E-state index contributed by atoms with van der Waals surface area (Å²) in [6.45, 7) is 6.51. The number of rotatable bonds is 4. The van der Waals surface area contributed by atoms with Gasteiger partial charge in [-0.1, -0.05) is 30.3 Å². The minimum Gasteiger partial charge on any atom is -0.469 e. The van der Waals surface area contributed by atoms with Crippen LogP contribution in [0.1, 0.15) is 25.3 Å². The monoisotopic (exact) mass is 277 g/mol. The molecule has 3 unspecified atom stereocenters. The number of carbonyl (C=O) groups is 1. The summed E-state index contributed by atoms with van der Waals surface area (Å²) in [5, 5.41) is 0. The molecule has 0 radical (unpaired) electrons. The van der Waals surface area contributed by atoms with Crippen LogP contribution in [-0.2, 0) is 14.3 Å². The Morgan fingerprint density at radius 1 is 1.30 bits per heavy atom. The number of hydrogen-bond donors (Lipinski definition) is 0. The molecule has 1 fully saturated rings. The minimum absolute atomic E-state index is 0.178. The van der Waals surface area contributed by atoms with Gasteiger partial charge >= 0.3 is 5.97 Å². The number of morpholine rings is 1. The quantitative estimate of drug-likeness (QED) is 0.790. The van der Waals surface area contributed by atoms with Crippen LogP contribution in [0, 0.1) is 0 Å². The third-order valence-corrected chi connectivity index (χ3v) is 3.62. The highest BCUT2D eigenvalue weighted by Gasteiger charge is 2.28. The van der Waals surface area contributed by atoms with Gasteiger partial charge in [-0.15, -0.1) is 0 Å². The van der Waals surface area contributed by atoms with Crippen LogP contribution in [0.4, 0.5) is 0 Å². The van der Waals surface area contributed by atoms with E-state index in [1.807, 2.05) is 30.3 Å². The lowest BCUT2D eigenvalue weighted by Gasteiger charge is -2.36. The van der Waals surface area contributed by atoms with Crippen LogP contribution in [-0.4, -0.2) is 49.8 Å². The van der Waals surface area contributed by atoms with Crippen molar-refractivity contribution in [1.29, 1.82) is 0 Å². The molecule has 1 aromatic rings. The van der Waals surface area contributed by atoms with Crippen molar-refractivity contribution < 1.29 is 14.3 Å². The molecule has 4 heteroatoms. The Bertz CT molecular complexity index is 425. The van der Waals surface area contributed by atoms with Crippen LogP contribution in [0.15, 0.2) is 30.3 Å². The van der Waals surface area contributed by atoms with Crippen LogP contribution in [0.3, 0.4) is 0 Å². The molecule has 1 saturated heterocycles. The molecule has 0 saturated carbocycles. The molecule has 0 aromatic heterocycles. The van der Waals surface area contributed by atoms with E-state index in [4.69, 9.17) is 9.47 Å². The summed E-state index contributed by atoms with van der Waals surface area (Å²) in [7, 11) is 1.45. The molecule has 3 atom stereocenters. The normalized spacial score (nSPS) is 25.1. The van der Waals surface area contributed by atoms with E-state index < -0.39 is 0 Å². The van der Waals surface area contributed by atoms with Crippen molar-refractivity contribution in [3.63, 3.8) is 0 Å². The van der Waals surface area contributed by atoms with Crippen LogP contribution >= 0.6 is 0 Å². The highest BCUT2D eigenvalue weighted by atomic mass is 16.5. The van der Waals surface area contributed by atoms with Crippen LogP contribution in [0.2, 0.25) is 0 Å². The van der Waals surface area contributed by atoms with Crippen molar-refractivity contribution in [2.24, 2.45) is 0 Å². The van der Waals surface area contributed by atoms with Gasteiger partial charge in [0.15, 0.2) is 0 Å². The second-order valence-corrected chi connectivity index (χ2v) is 5.46. The Balaban J connectivity index is 2.10. The molecule has 0 aliphatic carbocycles. The molecule has 1 aliphatic heterocycles. The van der Waals surface area contributed by atoms with Gasteiger partial charge in [-0.2, -0.15) is 0 Å². The van der Waals surface area contributed by atoms with E-state index in [0.29, 0.717) is 6.54 Å². The molecule has 0 bridgehead atoms. The van der Waals surface area contributed by atoms with Gasteiger partial charge in [-0.25, -0.2) is 0 Å². The van der Waals surface area contributed by atoms with E-state index in [9.17, 15) is 4.79 Å². The lowest BCUT2D eigenvalue weighted by Crippen LogP contribution is -2.47. The molecule has 0 spiro atoms. The molecule has 4 nitrogen and oxygen atoms in total. The van der Waals surface area contributed by atoms with Crippen molar-refractivity contribution in [2.45, 2.75) is 32.0 Å². The molecule has 110 valence electrons. The van der Waals surface area contributed by atoms with Gasteiger partial charge in [-0.3, -0.25) is 9.69 Å². The topological polar surface area (TPSA) is 38.8 Å². The predicted octanol–water partition coefficient (Wildman–Crippen LogP) is 2.05. The molecule has 0 N–H and O–H groups in total. The molecular weight excluding hydrogens is 254 g/mol. The van der Waals surface area contributed by atoms with Crippen molar-refractivity contribution >= 4 is 5.97 Å². The zero-order chi connectivity index (χ0) is 14.5. The molecule has 1 aromatic carbocycles. The fraction of sp³-hybridized carbons (Fsp3) is 0.562.